The molecule has 16 heavy (non-hydrogen) atoms. The molecule has 1 aromatic carbocycles. The molecular formula is C11H13F3N2. The summed E-state index contributed by atoms with van der Waals surface area (Å²) in [6.07, 6.45) is -4.28. The van der Waals surface area contributed by atoms with Crippen molar-refractivity contribution in [1.29, 1.82) is 0 Å². The quantitative estimate of drug-likeness (QED) is 0.815. The first-order chi connectivity index (χ1) is 7.47. The van der Waals surface area contributed by atoms with Crippen LogP contribution in [0.15, 0.2) is 18.2 Å². The summed E-state index contributed by atoms with van der Waals surface area (Å²) in [7, 11) is 0. The van der Waals surface area contributed by atoms with E-state index in [9.17, 15) is 13.2 Å². The molecule has 1 aliphatic rings. The minimum atomic E-state index is -4.28. The van der Waals surface area contributed by atoms with Gasteiger partial charge in [-0.05, 0) is 24.6 Å². The van der Waals surface area contributed by atoms with E-state index in [2.05, 4.69) is 10.6 Å². The highest BCUT2D eigenvalue weighted by atomic mass is 19.4. The zero-order chi connectivity index (χ0) is 11.8. The molecule has 2 rings (SSSR count). The molecule has 0 atom stereocenters. The lowest BCUT2D eigenvalue weighted by atomic mass is 10.1. The number of aryl methyl sites for hydroxylation is 1. The second-order valence-corrected chi connectivity index (χ2v) is 4.03. The van der Waals surface area contributed by atoms with Crippen LogP contribution < -0.4 is 10.6 Å². The summed E-state index contributed by atoms with van der Waals surface area (Å²) in [6.45, 7) is 3.07. The van der Waals surface area contributed by atoms with Crippen molar-refractivity contribution in [3.8, 4) is 0 Å². The molecule has 2 N–H and O–H groups in total. The molecule has 0 saturated carbocycles. The molecule has 1 heterocycles. The van der Waals surface area contributed by atoms with Gasteiger partial charge in [-0.1, -0.05) is 6.07 Å². The van der Waals surface area contributed by atoms with E-state index < -0.39 is 11.7 Å². The van der Waals surface area contributed by atoms with Crippen molar-refractivity contribution in [2.45, 2.75) is 19.1 Å². The lowest BCUT2D eigenvalue weighted by Gasteiger charge is -2.29. The van der Waals surface area contributed by atoms with Crippen molar-refractivity contribution in [2.75, 3.05) is 18.4 Å². The minimum absolute atomic E-state index is 0.240. The van der Waals surface area contributed by atoms with Crippen molar-refractivity contribution in [1.82, 2.24) is 5.32 Å². The predicted octanol–water partition coefficient (Wildman–Crippen LogP) is 2.40. The van der Waals surface area contributed by atoms with E-state index in [0.717, 1.165) is 13.1 Å². The van der Waals surface area contributed by atoms with Crippen LogP contribution in [0.4, 0.5) is 18.9 Å². The first-order valence-corrected chi connectivity index (χ1v) is 5.12. The molecule has 0 radical (unpaired) electrons. The fraction of sp³-hybridized carbons (Fsp3) is 0.455. The number of hydrogen-bond donors (Lipinski definition) is 2. The Bertz CT molecular complexity index is 383. The Hall–Kier alpha value is -1.23. The zero-order valence-electron chi connectivity index (χ0n) is 8.86. The van der Waals surface area contributed by atoms with Crippen molar-refractivity contribution < 1.29 is 13.2 Å². The van der Waals surface area contributed by atoms with Gasteiger partial charge in [0.25, 0.3) is 0 Å². The fourth-order valence-electron chi connectivity index (χ4n) is 1.64. The largest absolute Gasteiger partial charge is 0.416 e. The topological polar surface area (TPSA) is 24.1 Å². The molecule has 0 aliphatic carbocycles. The van der Waals surface area contributed by atoms with E-state index >= 15 is 0 Å². The highest BCUT2D eigenvalue weighted by Crippen LogP contribution is 2.33. The third kappa shape index (κ3) is 2.29. The summed E-state index contributed by atoms with van der Waals surface area (Å²) < 4.78 is 37.9. The Morgan fingerprint density at radius 2 is 2.00 bits per heavy atom. The molecule has 0 spiro atoms. The molecule has 2 nitrogen and oxygen atoms in total. The standard InChI is InChI=1S/C11H13F3N2/c1-7-2-3-8(16-9-5-15-6-9)4-10(7)11(12,13)14/h2-4,9,15-16H,5-6H2,1H3. The van der Waals surface area contributed by atoms with Crippen molar-refractivity contribution in [3.63, 3.8) is 0 Å². The maximum Gasteiger partial charge on any atom is 0.416 e. The molecule has 1 aliphatic heterocycles. The van der Waals surface area contributed by atoms with Gasteiger partial charge in [-0.2, -0.15) is 13.2 Å². The van der Waals surface area contributed by atoms with Crippen LogP contribution in [0.1, 0.15) is 11.1 Å². The SMILES string of the molecule is Cc1ccc(NC2CNC2)cc1C(F)(F)F. The van der Waals surface area contributed by atoms with Crippen LogP contribution in [0.5, 0.6) is 0 Å². The van der Waals surface area contributed by atoms with Crippen LogP contribution in [0, 0.1) is 6.92 Å². The van der Waals surface area contributed by atoms with Crippen molar-refractivity contribution in [2.24, 2.45) is 0 Å². The van der Waals surface area contributed by atoms with Crippen molar-refractivity contribution >= 4 is 5.69 Å². The van der Waals surface area contributed by atoms with Gasteiger partial charge < -0.3 is 10.6 Å². The number of hydrogen-bond acceptors (Lipinski definition) is 2. The summed E-state index contributed by atoms with van der Waals surface area (Å²) in [6, 6.07) is 4.59. The van der Waals surface area contributed by atoms with Crippen LogP contribution in [0.2, 0.25) is 0 Å². The van der Waals surface area contributed by atoms with Gasteiger partial charge in [-0.25, -0.2) is 0 Å². The predicted molar refractivity (Wildman–Crippen MR) is 56.5 cm³/mol. The van der Waals surface area contributed by atoms with E-state index in [0.29, 0.717) is 5.69 Å². The smallest absolute Gasteiger partial charge is 0.380 e. The third-order valence-electron chi connectivity index (χ3n) is 2.70. The lowest BCUT2D eigenvalue weighted by molar-refractivity contribution is -0.138. The fourth-order valence-corrected chi connectivity index (χ4v) is 1.64. The maximum atomic E-state index is 12.6. The number of benzene rings is 1. The molecule has 0 bridgehead atoms. The molecule has 0 aromatic heterocycles. The van der Waals surface area contributed by atoms with Crippen LogP contribution in [0.3, 0.4) is 0 Å². The lowest BCUT2D eigenvalue weighted by Crippen LogP contribution is -2.51. The first-order valence-electron chi connectivity index (χ1n) is 5.12. The van der Waals surface area contributed by atoms with Crippen LogP contribution in [-0.4, -0.2) is 19.1 Å². The molecule has 1 aromatic rings. The Morgan fingerprint density at radius 1 is 1.31 bits per heavy atom. The van der Waals surface area contributed by atoms with E-state index in [1.165, 1.54) is 19.1 Å². The normalized spacial score (nSPS) is 17.0. The second kappa shape index (κ2) is 3.97. The number of nitrogens with one attached hydrogen (secondary N) is 2. The van der Waals surface area contributed by atoms with Crippen LogP contribution in [0.25, 0.3) is 0 Å². The molecular weight excluding hydrogens is 217 g/mol. The van der Waals surface area contributed by atoms with Gasteiger partial charge in [0.15, 0.2) is 0 Å². The van der Waals surface area contributed by atoms with Gasteiger partial charge in [-0.15, -0.1) is 0 Å². The average Bonchev–Trinajstić information content (AvgIpc) is 2.12. The van der Waals surface area contributed by atoms with E-state index in [1.807, 2.05) is 0 Å². The summed E-state index contributed by atoms with van der Waals surface area (Å²) in [5.74, 6) is 0. The monoisotopic (exact) mass is 230 g/mol. The third-order valence-corrected chi connectivity index (χ3v) is 2.70. The zero-order valence-corrected chi connectivity index (χ0v) is 8.86. The first kappa shape index (κ1) is 11.3. The molecule has 1 fully saturated rings. The number of rotatable bonds is 2. The highest BCUT2D eigenvalue weighted by Gasteiger charge is 2.32. The van der Waals surface area contributed by atoms with Gasteiger partial charge in [-0.3, -0.25) is 0 Å². The molecule has 5 heteroatoms. The molecule has 0 unspecified atom stereocenters. The maximum absolute atomic E-state index is 12.6. The van der Waals surface area contributed by atoms with Crippen LogP contribution >= 0.6 is 0 Å². The minimum Gasteiger partial charge on any atom is -0.380 e. The van der Waals surface area contributed by atoms with E-state index in [4.69, 9.17) is 0 Å². The summed E-state index contributed by atoms with van der Waals surface area (Å²) in [5.41, 5.74) is 0.221. The van der Waals surface area contributed by atoms with Gasteiger partial charge in [0.2, 0.25) is 0 Å². The Morgan fingerprint density at radius 3 is 2.50 bits per heavy atom. The molecule has 0 amide bonds. The number of halogens is 3. The molecule has 88 valence electrons. The van der Waals surface area contributed by atoms with E-state index in [1.54, 1.807) is 6.07 Å². The average molecular weight is 230 g/mol. The number of alkyl halides is 3. The second-order valence-electron chi connectivity index (χ2n) is 4.03. The van der Waals surface area contributed by atoms with Crippen molar-refractivity contribution in [3.05, 3.63) is 29.3 Å². The van der Waals surface area contributed by atoms with Gasteiger partial charge in [0.1, 0.15) is 0 Å². The Labute approximate surface area is 91.8 Å². The highest BCUT2D eigenvalue weighted by molar-refractivity contribution is 5.50. The Kier molecular flexibility index (Phi) is 2.80. The number of anilines is 1. The van der Waals surface area contributed by atoms with Crippen LogP contribution in [-0.2, 0) is 6.18 Å². The van der Waals surface area contributed by atoms with Gasteiger partial charge >= 0.3 is 6.18 Å². The van der Waals surface area contributed by atoms with Gasteiger partial charge in [0, 0.05) is 18.8 Å². The summed E-state index contributed by atoms with van der Waals surface area (Å²) in [5, 5.41) is 6.11. The summed E-state index contributed by atoms with van der Waals surface area (Å²) >= 11 is 0. The molecule has 1 saturated heterocycles. The summed E-state index contributed by atoms with van der Waals surface area (Å²) in [4.78, 5) is 0. The van der Waals surface area contributed by atoms with Gasteiger partial charge in [0.05, 0.1) is 11.6 Å². The van der Waals surface area contributed by atoms with E-state index in [-0.39, 0.29) is 11.6 Å². The Balaban J connectivity index is 2.20.